The van der Waals surface area contributed by atoms with E-state index in [1.54, 1.807) is 0 Å². The Bertz CT molecular complexity index is 1340. The lowest BCUT2D eigenvalue weighted by atomic mass is 10.1. The molecular formula is C30H32N4O. The van der Waals surface area contributed by atoms with Gasteiger partial charge in [0.25, 0.3) is 0 Å². The van der Waals surface area contributed by atoms with E-state index in [0.717, 1.165) is 56.8 Å². The van der Waals surface area contributed by atoms with E-state index in [9.17, 15) is 0 Å². The maximum absolute atomic E-state index is 6.13. The molecule has 0 N–H and O–H groups in total. The fourth-order valence-electron chi connectivity index (χ4n) is 3.87. The van der Waals surface area contributed by atoms with Crippen LogP contribution in [-0.2, 0) is 0 Å². The summed E-state index contributed by atoms with van der Waals surface area (Å²) in [5, 5.41) is 20.2. The van der Waals surface area contributed by atoms with Crippen LogP contribution in [0.3, 0.4) is 0 Å². The first-order chi connectivity index (χ1) is 17.2. The van der Waals surface area contributed by atoms with Gasteiger partial charge in [-0.05, 0) is 67.1 Å². The highest BCUT2D eigenvalue weighted by atomic mass is 16.5. The van der Waals surface area contributed by atoms with Gasteiger partial charge in [0.15, 0.2) is 0 Å². The molecule has 0 fully saturated rings. The van der Waals surface area contributed by atoms with Gasteiger partial charge in [-0.25, -0.2) is 0 Å². The van der Waals surface area contributed by atoms with Gasteiger partial charge in [0.2, 0.25) is 0 Å². The molecule has 4 rings (SSSR count). The zero-order valence-electron chi connectivity index (χ0n) is 20.7. The maximum atomic E-state index is 6.13. The van der Waals surface area contributed by atoms with Crippen molar-refractivity contribution in [2.75, 3.05) is 6.61 Å². The number of hydrogen-bond donors (Lipinski definition) is 0. The van der Waals surface area contributed by atoms with Gasteiger partial charge in [0.05, 0.1) is 23.7 Å². The Morgan fingerprint density at radius 1 is 0.657 bits per heavy atom. The van der Waals surface area contributed by atoms with Crippen molar-refractivity contribution < 1.29 is 4.74 Å². The molecule has 0 aliphatic heterocycles. The summed E-state index contributed by atoms with van der Waals surface area (Å²) in [5.41, 5.74) is 5.29. The fraction of sp³-hybridized carbons (Fsp3) is 0.267. The molecule has 5 nitrogen and oxygen atoms in total. The van der Waals surface area contributed by atoms with E-state index in [0.29, 0.717) is 6.61 Å². The van der Waals surface area contributed by atoms with Crippen LogP contribution in [0.2, 0.25) is 0 Å². The largest absolute Gasteiger partial charge is 0.491 e. The highest BCUT2D eigenvalue weighted by Crippen LogP contribution is 2.38. The second-order valence-corrected chi connectivity index (χ2v) is 8.70. The molecule has 4 aromatic rings. The number of fused-ring (bicyclic) bond motifs is 1. The van der Waals surface area contributed by atoms with Crippen LogP contribution >= 0.6 is 0 Å². The van der Waals surface area contributed by atoms with Crippen molar-refractivity contribution in [2.45, 2.75) is 46.5 Å². The molecule has 0 spiro atoms. The Labute approximate surface area is 207 Å². The smallest absolute Gasteiger partial charge is 0.147 e. The van der Waals surface area contributed by atoms with E-state index in [4.69, 9.17) is 4.74 Å². The number of ether oxygens (including phenoxy) is 1. The van der Waals surface area contributed by atoms with Gasteiger partial charge in [-0.3, -0.25) is 0 Å². The first-order valence-corrected chi connectivity index (χ1v) is 12.3. The van der Waals surface area contributed by atoms with Crippen LogP contribution in [0.5, 0.6) is 5.75 Å². The third kappa shape index (κ3) is 6.38. The monoisotopic (exact) mass is 464 g/mol. The Kier molecular flexibility index (Phi) is 8.34. The highest BCUT2D eigenvalue weighted by Gasteiger charge is 2.09. The molecule has 0 saturated heterocycles. The number of rotatable bonds is 10. The molecule has 0 radical (unpaired) electrons. The van der Waals surface area contributed by atoms with E-state index in [2.05, 4.69) is 45.6 Å². The first kappa shape index (κ1) is 24.3. The zero-order chi connectivity index (χ0) is 24.5. The molecule has 0 atom stereocenters. The molecule has 0 unspecified atom stereocenters. The first-order valence-electron chi connectivity index (χ1n) is 12.3. The standard InChI is InChI=1S/C30H32N4O/c1-4-5-6-11-20-35-29-19-16-24-13-8-9-14-26(24)30(29)34-33-28-18-17-25(21-23(28)3)31-32-27-15-10-7-12-22(27)2/h7-10,12-19,21H,4-6,11,20H2,1-3H3. The predicted octanol–water partition coefficient (Wildman–Crippen LogP) is 10.2. The van der Waals surface area contributed by atoms with Crippen molar-refractivity contribution in [1.82, 2.24) is 0 Å². The summed E-state index contributed by atoms with van der Waals surface area (Å²) in [5.74, 6) is 0.769. The summed E-state index contributed by atoms with van der Waals surface area (Å²) in [6.07, 6.45) is 4.65. The molecular weight excluding hydrogens is 432 g/mol. The minimum absolute atomic E-state index is 0.681. The van der Waals surface area contributed by atoms with Crippen LogP contribution in [0.4, 0.5) is 22.7 Å². The molecule has 0 aliphatic carbocycles. The molecule has 0 bridgehead atoms. The van der Waals surface area contributed by atoms with Crippen molar-refractivity contribution in [3.8, 4) is 5.75 Å². The van der Waals surface area contributed by atoms with E-state index in [1.807, 2.05) is 74.5 Å². The molecule has 0 aromatic heterocycles. The summed E-state index contributed by atoms with van der Waals surface area (Å²) in [6.45, 7) is 6.93. The lowest BCUT2D eigenvalue weighted by Gasteiger charge is -2.11. The molecule has 0 amide bonds. The number of benzene rings is 4. The van der Waals surface area contributed by atoms with E-state index in [-0.39, 0.29) is 0 Å². The number of azo groups is 2. The van der Waals surface area contributed by atoms with Gasteiger partial charge in [-0.2, -0.15) is 15.3 Å². The second-order valence-electron chi connectivity index (χ2n) is 8.70. The van der Waals surface area contributed by atoms with Crippen molar-refractivity contribution in [3.05, 3.63) is 90.0 Å². The van der Waals surface area contributed by atoms with Crippen molar-refractivity contribution in [2.24, 2.45) is 20.5 Å². The van der Waals surface area contributed by atoms with Crippen LogP contribution in [-0.4, -0.2) is 6.61 Å². The lowest BCUT2D eigenvalue weighted by Crippen LogP contribution is -1.97. The summed E-state index contributed by atoms with van der Waals surface area (Å²) in [4.78, 5) is 0. The topological polar surface area (TPSA) is 58.7 Å². The average Bonchev–Trinajstić information content (AvgIpc) is 2.88. The number of nitrogens with zero attached hydrogens (tertiary/aromatic N) is 4. The lowest BCUT2D eigenvalue weighted by molar-refractivity contribution is 0.306. The molecule has 0 heterocycles. The molecule has 0 aliphatic rings. The normalized spacial score (nSPS) is 11.6. The molecule has 4 aromatic carbocycles. The van der Waals surface area contributed by atoms with Crippen molar-refractivity contribution in [3.63, 3.8) is 0 Å². The van der Waals surface area contributed by atoms with Crippen LogP contribution in [0.25, 0.3) is 10.8 Å². The van der Waals surface area contributed by atoms with Gasteiger partial charge in [-0.1, -0.05) is 74.7 Å². The summed E-state index contributed by atoms with van der Waals surface area (Å²) in [6, 6.07) is 26.0. The maximum Gasteiger partial charge on any atom is 0.147 e. The van der Waals surface area contributed by atoms with Crippen LogP contribution in [0, 0.1) is 13.8 Å². The Hall–Kier alpha value is -3.86. The summed E-state index contributed by atoms with van der Waals surface area (Å²) < 4.78 is 6.13. The Balaban J connectivity index is 1.56. The number of aryl methyl sites for hydroxylation is 2. The minimum atomic E-state index is 0.681. The van der Waals surface area contributed by atoms with Gasteiger partial charge in [-0.15, -0.1) is 5.11 Å². The van der Waals surface area contributed by atoms with Gasteiger partial charge < -0.3 is 4.74 Å². The third-order valence-electron chi connectivity index (χ3n) is 5.95. The van der Waals surface area contributed by atoms with Crippen LogP contribution in [0.15, 0.2) is 99.3 Å². The number of unbranched alkanes of at least 4 members (excludes halogenated alkanes) is 3. The van der Waals surface area contributed by atoms with E-state index < -0.39 is 0 Å². The van der Waals surface area contributed by atoms with Gasteiger partial charge in [0, 0.05) is 5.39 Å². The second kappa shape index (κ2) is 12.0. The molecule has 5 heteroatoms. The third-order valence-corrected chi connectivity index (χ3v) is 5.95. The van der Waals surface area contributed by atoms with Gasteiger partial charge >= 0.3 is 0 Å². The SMILES string of the molecule is CCCCCCOc1ccc2ccccc2c1N=Nc1ccc(N=Nc2ccccc2C)cc1C. The molecule has 0 saturated carbocycles. The minimum Gasteiger partial charge on any atom is -0.491 e. The highest BCUT2D eigenvalue weighted by molar-refractivity contribution is 5.95. The molecule has 178 valence electrons. The fourth-order valence-corrected chi connectivity index (χ4v) is 3.87. The van der Waals surface area contributed by atoms with E-state index >= 15 is 0 Å². The quantitative estimate of drug-likeness (QED) is 0.170. The Morgan fingerprint density at radius 2 is 1.43 bits per heavy atom. The van der Waals surface area contributed by atoms with Crippen LogP contribution < -0.4 is 4.74 Å². The summed E-state index contributed by atoms with van der Waals surface area (Å²) in [7, 11) is 0. The zero-order valence-corrected chi connectivity index (χ0v) is 20.7. The predicted molar refractivity (Wildman–Crippen MR) is 144 cm³/mol. The van der Waals surface area contributed by atoms with Gasteiger partial charge in [0.1, 0.15) is 11.4 Å². The average molecular weight is 465 g/mol. The van der Waals surface area contributed by atoms with E-state index in [1.165, 1.54) is 19.3 Å². The summed E-state index contributed by atoms with van der Waals surface area (Å²) >= 11 is 0. The number of hydrogen-bond acceptors (Lipinski definition) is 5. The Morgan fingerprint density at radius 3 is 2.26 bits per heavy atom. The van der Waals surface area contributed by atoms with Crippen molar-refractivity contribution in [1.29, 1.82) is 0 Å². The van der Waals surface area contributed by atoms with Crippen LogP contribution in [0.1, 0.15) is 43.7 Å². The molecule has 35 heavy (non-hydrogen) atoms. The van der Waals surface area contributed by atoms with Crippen molar-refractivity contribution >= 4 is 33.5 Å².